The highest BCUT2D eigenvalue weighted by atomic mass is 16.5. The van der Waals surface area contributed by atoms with Gasteiger partial charge >= 0.3 is 0 Å². The molecule has 1 aliphatic heterocycles. The van der Waals surface area contributed by atoms with E-state index in [0.29, 0.717) is 24.3 Å². The summed E-state index contributed by atoms with van der Waals surface area (Å²) in [6.07, 6.45) is 0.668. The molecular weight excluding hydrogens is 408 g/mol. The first-order chi connectivity index (χ1) is 15.1. The molecule has 1 aliphatic rings. The Morgan fingerprint density at radius 3 is 2.31 bits per heavy atom. The second kappa shape index (κ2) is 9.44. The number of Topliss-reactive ketones (excluding diaryl/α,β-unsaturated/α-hetero) is 1. The van der Waals surface area contributed by atoms with Crippen LogP contribution in [0.3, 0.4) is 0 Å². The Hall–Kier alpha value is -3.32. The van der Waals surface area contributed by atoms with Crippen LogP contribution in [0.1, 0.15) is 34.7 Å². The quantitative estimate of drug-likeness (QED) is 0.391. The third kappa shape index (κ3) is 4.48. The highest BCUT2D eigenvalue weighted by Gasteiger charge is 2.46. The lowest BCUT2D eigenvalue weighted by atomic mass is 9.93. The molecule has 0 radical (unpaired) electrons. The van der Waals surface area contributed by atoms with Crippen molar-refractivity contribution in [3.63, 3.8) is 0 Å². The monoisotopic (exact) mass is 438 g/mol. The van der Waals surface area contributed by atoms with Gasteiger partial charge in [0.05, 0.1) is 24.3 Å². The number of methoxy groups -OCH3 is 1. The number of likely N-dealkylation sites (tertiary alicyclic amines) is 1. The fourth-order valence-corrected chi connectivity index (χ4v) is 3.94. The number of carbonyl (C=O) groups is 2. The molecule has 1 amide bonds. The minimum Gasteiger partial charge on any atom is -0.507 e. The van der Waals surface area contributed by atoms with Gasteiger partial charge in [-0.2, -0.15) is 0 Å². The first-order valence-corrected chi connectivity index (χ1v) is 10.5. The van der Waals surface area contributed by atoms with Crippen molar-refractivity contribution >= 4 is 17.4 Å². The number of benzene rings is 2. The molecular formula is C25H30N2O5. The van der Waals surface area contributed by atoms with Crippen LogP contribution in [0.2, 0.25) is 0 Å². The van der Waals surface area contributed by atoms with Crippen molar-refractivity contribution < 1.29 is 24.5 Å². The van der Waals surface area contributed by atoms with Crippen LogP contribution >= 0.6 is 0 Å². The molecule has 1 fully saturated rings. The molecule has 0 aromatic heterocycles. The van der Waals surface area contributed by atoms with Gasteiger partial charge in [-0.1, -0.05) is 12.1 Å². The normalized spacial score (nSPS) is 17.9. The van der Waals surface area contributed by atoms with E-state index in [1.807, 2.05) is 32.8 Å². The summed E-state index contributed by atoms with van der Waals surface area (Å²) in [5, 5.41) is 21.6. The van der Waals surface area contributed by atoms with E-state index in [9.17, 15) is 19.8 Å². The molecule has 1 atom stereocenters. The zero-order valence-corrected chi connectivity index (χ0v) is 19.2. The zero-order chi connectivity index (χ0) is 23.6. The molecule has 2 aromatic rings. The second-order valence-electron chi connectivity index (χ2n) is 8.38. The SMILES string of the molecule is COc1ccc(C2/C(=C(\O)c3cc(C)c(C)cc3O)C(=O)C(=O)N2CCCN(C)C)cc1. The number of phenolic OH excluding ortho intramolecular Hbond substituents is 1. The van der Waals surface area contributed by atoms with Crippen molar-refractivity contribution in [2.75, 3.05) is 34.3 Å². The summed E-state index contributed by atoms with van der Waals surface area (Å²) in [7, 11) is 5.44. The standard InChI is InChI=1S/C25H30N2O5/c1-15-13-19(20(28)14-16(15)2)23(29)21-22(17-7-9-18(32-5)10-8-17)27(25(31)24(21)30)12-6-11-26(3)4/h7-10,13-14,22,28-29H,6,11-12H2,1-5H3/b23-21+. The molecule has 0 saturated carbocycles. The Labute approximate surface area is 188 Å². The summed E-state index contributed by atoms with van der Waals surface area (Å²) in [6.45, 7) is 4.80. The van der Waals surface area contributed by atoms with Crippen LogP contribution in [0.25, 0.3) is 5.76 Å². The number of hydrogen-bond acceptors (Lipinski definition) is 6. The fraction of sp³-hybridized carbons (Fsp3) is 0.360. The third-order valence-electron chi connectivity index (χ3n) is 5.84. The van der Waals surface area contributed by atoms with E-state index >= 15 is 0 Å². The van der Waals surface area contributed by atoms with Gasteiger partial charge in [-0.05, 0) is 81.9 Å². The first kappa shape index (κ1) is 23.3. The van der Waals surface area contributed by atoms with Crippen molar-refractivity contribution in [1.82, 2.24) is 9.80 Å². The van der Waals surface area contributed by atoms with Crippen molar-refractivity contribution in [1.29, 1.82) is 0 Å². The molecule has 32 heavy (non-hydrogen) atoms. The molecule has 0 spiro atoms. The topological polar surface area (TPSA) is 90.3 Å². The number of aromatic hydroxyl groups is 1. The average Bonchev–Trinajstić information content (AvgIpc) is 3.00. The highest BCUT2D eigenvalue weighted by molar-refractivity contribution is 6.46. The number of ketones is 1. The predicted molar refractivity (Wildman–Crippen MR) is 123 cm³/mol. The summed E-state index contributed by atoms with van der Waals surface area (Å²) in [5.41, 5.74) is 2.50. The van der Waals surface area contributed by atoms with E-state index < -0.39 is 17.7 Å². The Balaban J connectivity index is 2.14. The van der Waals surface area contributed by atoms with Crippen LogP contribution in [0.15, 0.2) is 42.0 Å². The molecule has 0 bridgehead atoms. The molecule has 7 nitrogen and oxygen atoms in total. The molecule has 0 aliphatic carbocycles. The number of aryl methyl sites for hydroxylation is 2. The van der Waals surface area contributed by atoms with Crippen LogP contribution in [0.5, 0.6) is 11.5 Å². The van der Waals surface area contributed by atoms with Gasteiger partial charge in [-0.15, -0.1) is 0 Å². The minimum atomic E-state index is -0.760. The van der Waals surface area contributed by atoms with Crippen molar-refractivity contribution in [2.45, 2.75) is 26.3 Å². The van der Waals surface area contributed by atoms with Crippen molar-refractivity contribution in [3.8, 4) is 11.5 Å². The molecule has 2 aromatic carbocycles. The number of phenols is 1. The van der Waals surface area contributed by atoms with Crippen LogP contribution < -0.4 is 4.74 Å². The summed E-state index contributed by atoms with van der Waals surface area (Å²) < 4.78 is 5.23. The van der Waals surface area contributed by atoms with Gasteiger partial charge in [0.1, 0.15) is 17.3 Å². The lowest BCUT2D eigenvalue weighted by molar-refractivity contribution is -0.139. The van der Waals surface area contributed by atoms with Crippen LogP contribution in [-0.4, -0.2) is 66.0 Å². The Morgan fingerprint density at radius 2 is 1.72 bits per heavy atom. The largest absolute Gasteiger partial charge is 0.507 e. The van der Waals surface area contributed by atoms with Gasteiger partial charge in [0.15, 0.2) is 0 Å². The van der Waals surface area contributed by atoms with Gasteiger partial charge < -0.3 is 24.7 Å². The smallest absolute Gasteiger partial charge is 0.295 e. The number of hydrogen-bond donors (Lipinski definition) is 2. The highest BCUT2D eigenvalue weighted by Crippen LogP contribution is 2.41. The van der Waals surface area contributed by atoms with Gasteiger partial charge in [-0.3, -0.25) is 9.59 Å². The van der Waals surface area contributed by atoms with Crippen molar-refractivity contribution in [2.24, 2.45) is 0 Å². The molecule has 1 unspecified atom stereocenters. The maximum atomic E-state index is 13.1. The number of carbonyl (C=O) groups excluding carboxylic acids is 2. The maximum absolute atomic E-state index is 13.1. The minimum absolute atomic E-state index is 0.0245. The maximum Gasteiger partial charge on any atom is 0.295 e. The van der Waals surface area contributed by atoms with E-state index in [4.69, 9.17) is 4.74 Å². The summed E-state index contributed by atoms with van der Waals surface area (Å²) >= 11 is 0. The number of rotatable bonds is 7. The van der Waals surface area contributed by atoms with Gasteiger partial charge in [0.25, 0.3) is 11.7 Å². The predicted octanol–water partition coefficient (Wildman–Crippen LogP) is 3.39. The van der Waals surface area contributed by atoms with Gasteiger partial charge in [0, 0.05) is 6.54 Å². The fourth-order valence-electron chi connectivity index (χ4n) is 3.94. The van der Waals surface area contributed by atoms with Gasteiger partial charge in [0.2, 0.25) is 0 Å². The molecule has 1 saturated heterocycles. The molecule has 2 N–H and O–H groups in total. The summed E-state index contributed by atoms with van der Waals surface area (Å²) in [4.78, 5) is 29.5. The zero-order valence-electron chi connectivity index (χ0n) is 19.2. The first-order valence-electron chi connectivity index (χ1n) is 10.5. The van der Waals surface area contributed by atoms with E-state index in [2.05, 4.69) is 0 Å². The molecule has 3 rings (SSSR count). The molecule has 1 heterocycles. The Morgan fingerprint density at radius 1 is 1.09 bits per heavy atom. The number of ether oxygens (including phenoxy) is 1. The van der Waals surface area contributed by atoms with E-state index in [1.54, 1.807) is 43.5 Å². The van der Waals surface area contributed by atoms with Gasteiger partial charge in [-0.25, -0.2) is 0 Å². The van der Waals surface area contributed by atoms with E-state index in [-0.39, 0.29) is 22.6 Å². The number of nitrogens with zero attached hydrogens (tertiary/aromatic N) is 2. The van der Waals surface area contributed by atoms with Crippen LogP contribution in [-0.2, 0) is 9.59 Å². The van der Waals surface area contributed by atoms with Crippen LogP contribution in [0.4, 0.5) is 0 Å². The summed E-state index contributed by atoms with van der Waals surface area (Å²) in [6, 6.07) is 9.48. The third-order valence-corrected chi connectivity index (χ3v) is 5.84. The Kier molecular flexibility index (Phi) is 6.89. The average molecular weight is 439 g/mol. The summed E-state index contributed by atoms with van der Waals surface area (Å²) in [5.74, 6) is -1.29. The van der Waals surface area contributed by atoms with E-state index in [1.165, 1.54) is 4.90 Å². The van der Waals surface area contributed by atoms with Crippen molar-refractivity contribution in [3.05, 3.63) is 64.2 Å². The number of aliphatic hydroxyl groups is 1. The lowest BCUT2D eigenvalue weighted by Gasteiger charge is -2.26. The number of aliphatic hydroxyl groups excluding tert-OH is 1. The van der Waals surface area contributed by atoms with E-state index in [0.717, 1.165) is 17.7 Å². The molecule has 170 valence electrons. The number of amides is 1. The second-order valence-corrected chi connectivity index (χ2v) is 8.38. The Bertz CT molecular complexity index is 1060. The molecule has 7 heteroatoms. The lowest BCUT2D eigenvalue weighted by Crippen LogP contribution is -2.32. The van der Waals surface area contributed by atoms with Crippen LogP contribution in [0, 0.1) is 13.8 Å².